The first-order valence-electron chi connectivity index (χ1n) is 8.00. The highest BCUT2D eigenvalue weighted by atomic mass is 19.1. The molecule has 0 aliphatic carbocycles. The summed E-state index contributed by atoms with van der Waals surface area (Å²) in [6, 6.07) is 6.80. The van der Waals surface area contributed by atoms with Crippen LogP contribution in [0.3, 0.4) is 0 Å². The van der Waals surface area contributed by atoms with E-state index in [0.29, 0.717) is 26.2 Å². The number of aliphatic hydroxyl groups excluding tert-OH is 1. The molecule has 1 atom stereocenters. The van der Waals surface area contributed by atoms with E-state index in [4.69, 9.17) is 0 Å². The Kier molecular flexibility index (Phi) is 5.24. The summed E-state index contributed by atoms with van der Waals surface area (Å²) in [5.41, 5.74) is -0.0174. The Bertz CT molecular complexity index is 728. The van der Waals surface area contributed by atoms with Crippen LogP contribution in [-0.4, -0.2) is 42.7 Å². The fourth-order valence-electron chi connectivity index (χ4n) is 3.06. The van der Waals surface area contributed by atoms with Gasteiger partial charge in [0, 0.05) is 44.4 Å². The van der Waals surface area contributed by atoms with Gasteiger partial charge in [-0.3, -0.25) is 4.90 Å². The second-order valence-electron chi connectivity index (χ2n) is 6.04. The lowest BCUT2D eigenvalue weighted by molar-refractivity contribution is 0.106. The van der Waals surface area contributed by atoms with Crippen LogP contribution in [0.15, 0.2) is 36.4 Å². The van der Waals surface area contributed by atoms with Gasteiger partial charge in [-0.25, -0.2) is 17.6 Å². The number of halogens is 4. The Balaban J connectivity index is 1.61. The monoisotopic (exact) mass is 354 g/mol. The minimum absolute atomic E-state index is 0.0315. The molecule has 0 radical (unpaired) electrons. The molecule has 25 heavy (non-hydrogen) atoms. The molecule has 1 aliphatic rings. The Morgan fingerprint density at radius 1 is 0.880 bits per heavy atom. The molecule has 1 heterocycles. The molecule has 1 saturated heterocycles. The Morgan fingerprint density at radius 2 is 1.52 bits per heavy atom. The predicted octanol–water partition coefficient (Wildman–Crippen LogP) is 3.10. The topological polar surface area (TPSA) is 26.7 Å². The van der Waals surface area contributed by atoms with Crippen LogP contribution in [0.1, 0.15) is 11.7 Å². The van der Waals surface area contributed by atoms with Gasteiger partial charge in [0.05, 0.1) is 6.10 Å². The second-order valence-corrected chi connectivity index (χ2v) is 6.04. The summed E-state index contributed by atoms with van der Waals surface area (Å²) in [5.74, 6) is -2.71. The van der Waals surface area contributed by atoms with Gasteiger partial charge in [-0.2, -0.15) is 0 Å². The molecule has 0 saturated carbocycles. The van der Waals surface area contributed by atoms with Crippen molar-refractivity contribution in [2.75, 3.05) is 37.6 Å². The van der Waals surface area contributed by atoms with E-state index in [1.165, 1.54) is 24.3 Å². The maximum absolute atomic E-state index is 13.8. The Labute approximate surface area is 143 Å². The number of β-amino-alcohol motifs (C(OH)–C–C–N with tert-alkyl or cyclic N) is 1. The average Bonchev–Trinajstić information content (AvgIpc) is 2.56. The summed E-state index contributed by atoms with van der Waals surface area (Å²) in [5, 5.41) is 10.2. The summed E-state index contributed by atoms with van der Waals surface area (Å²) in [6.45, 7) is 1.87. The van der Waals surface area contributed by atoms with Crippen molar-refractivity contribution in [1.82, 2.24) is 4.90 Å². The van der Waals surface area contributed by atoms with Crippen molar-refractivity contribution in [3.63, 3.8) is 0 Å². The van der Waals surface area contributed by atoms with Crippen LogP contribution >= 0.6 is 0 Å². The zero-order chi connectivity index (χ0) is 18.0. The van der Waals surface area contributed by atoms with E-state index in [9.17, 15) is 22.7 Å². The third-order valence-electron chi connectivity index (χ3n) is 4.38. The SMILES string of the molecule is O[C@@H](CN1CCN(c2c(F)cccc2F)CC1)c1ccc(F)cc1F. The van der Waals surface area contributed by atoms with E-state index in [2.05, 4.69) is 0 Å². The fourth-order valence-corrected chi connectivity index (χ4v) is 3.06. The molecule has 0 bridgehead atoms. The number of benzene rings is 2. The van der Waals surface area contributed by atoms with Gasteiger partial charge in [0.15, 0.2) is 0 Å². The van der Waals surface area contributed by atoms with Crippen molar-refractivity contribution >= 4 is 5.69 Å². The lowest BCUT2D eigenvalue weighted by atomic mass is 10.1. The van der Waals surface area contributed by atoms with Gasteiger partial charge in [0.1, 0.15) is 29.0 Å². The van der Waals surface area contributed by atoms with Crippen LogP contribution in [0.4, 0.5) is 23.2 Å². The van der Waals surface area contributed by atoms with Crippen molar-refractivity contribution in [3.05, 3.63) is 65.2 Å². The van der Waals surface area contributed by atoms with Gasteiger partial charge in [-0.15, -0.1) is 0 Å². The summed E-state index contributed by atoms with van der Waals surface area (Å²) in [4.78, 5) is 3.49. The van der Waals surface area contributed by atoms with E-state index >= 15 is 0 Å². The van der Waals surface area contributed by atoms with Crippen molar-refractivity contribution in [2.24, 2.45) is 0 Å². The number of nitrogens with zero attached hydrogens (tertiary/aromatic N) is 2. The minimum atomic E-state index is -1.10. The number of rotatable bonds is 4. The molecule has 1 fully saturated rings. The van der Waals surface area contributed by atoms with E-state index in [1.807, 2.05) is 4.90 Å². The van der Waals surface area contributed by atoms with Crippen molar-refractivity contribution in [2.45, 2.75) is 6.10 Å². The van der Waals surface area contributed by atoms with Crippen molar-refractivity contribution < 1.29 is 22.7 Å². The lowest BCUT2D eigenvalue weighted by Crippen LogP contribution is -2.48. The number of hydrogen-bond donors (Lipinski definition) is 1. The Morgan fingerprint density at radius 3 is 2.12 bits per heavy atom. The van der Waals surface area contributed by atoms with Crippen LogP contribution < -0.4 is 4.90 Å². The quantitative estimate of drug-likeness (QED) is 0.855. The molecular formula is C18H18F4N2O. The highest BCUT2D eigenvalue weighted by molar-refractivity contribution is 5.49. The van der Waals surface area contributed by atoms with Crippen molar-refractivity contribution in [3.8, 4) is 0 Å². The molecular weight excluding hydrogens is 336 g/mol. The number of aliphatic hydroxyl groups is 1. The molecule has 0 amide bonds. The van der Waals surface area contributed by atoms with Crippen LogP contribution in [-0.2, 0) is 0 Å². The highest BCUT2D eigenvalue weighted by Gasteiger charge is 2.24. The summed E-state index contributed by atoms with van der Waals surface area (Å²) >= 11 is 0. The maximum atomic E-state index is 13.8. The molecule has 1 N–H and O–H groups in total. The number of hydrogen-bond acceptors (Lipinski definition) is 3. The molecule has 134 valence electrons. The Hall–Kier alpha value is -2.12. The zero-order valence-electron chi connectivity index (χ0n) is 13.4. The standard InChI is InChI=1S/C18H18F4N2O/c19-12-4-5-13(16(22)10-12)17(25)11-23-6-8-24(9-7-23)18-14(20)2-1-3-15(18)21/h1-5,10,17,25H,6-9,11H2/t17-/m0/s1. The van der Waals surface area contributed by atoms with Gasteiger partial charge in [-0.05, 0) is 18.2 Å². The van der Waals surface area contributed by atoms with Crippen LogP contribution in [0, 0.1) is 23.3 Å². The van der Waals surface area contributed by atoms with Gasteiger partial charge in [0.2, 0.25) is 0 Å². The molecule has 3 nitrogen and oxygen atoms in total. The first-order chi connectivity index (χ1) is 12.0. The van der Waals surface area contributed by atoms with Crippen LogP contribution in [0.2, 0.25) is 0 Å². The molecule has 0 spiro atoms. The number of anilines is 1. The van der Waals surface area contributed by atoms with Gasteiger partial charge >= 0.3 is 0 Å². The second kappa shape index (κ2) is 7.41. The molecule has 1 aliphatic heterocycles. The van der Waals surface area contributed by atoms with Crippen molar-refractivity contribution in [1.29, 1.82) is 0 Å². The zero-order valence-corrected chi connectivity index (χ0v) is 13.4. The summed E-state index contributed by atoms with van der Waals surface area (Å²) in [6.07, 6.45) is -1.10. The molecule has 0 unspecified atom stereocenters. The summed E-state index contributed by atoms with van der Waals surface area (Å²) < 4.78 is 54.3. The maximum Gasteiger partial charge on any atom is 0.149 e. The smallest absolute Gasteiger partial charge is 0.149 e. The lowest BCUT2D eigenvalue weighted by Gasteiger charge is -2.37. The number of para-hydroxylation sites is 1. The first-order valence-corrected chi connectivity index (χ1v) is 8.00. The average molecular weight is 354 g/mol. The molecule has 2 aromatic carbocycles. The van der Waals surface area contributed by atoms with Crippen LogP contribution in [0.5, 0.6) is 0 Å². The normalized spacial score (nSPS) is 16.9. The molecule has 7 heteroatoms. The largest absolute Gasteiger partial charge is 0.387 e. The highest BCUT2D eigenvalue weighted by Crippen LogP contribution is 2.25. The van der Waals surface area contributed by atoms with Gasteiger partial charge < -0.3 is 10.0 Å². The summed E-state index contributed by atoms with van der Waals surface area (Å²) in [7, 11) is 0. The molecule has 3 rings (SSSR count). The van der Waals surface area contributed by atoms with E-state index in [0.717, 1.165) is 12.1 Å². The van der Waals surface area contributed by atoms with Gasteiger partial charge in [-0.1, -0.05) is 12.1 Å². The van der Waals surface area contributed by atoms with Gasteiger partial charge in [0.25, 0.3) is 0 Å². The molecule has 0 aromatic heterocycles. The van der Waals surface area contributed by atoms with Crippen LogP contribution in [0.25, 0.3) is 0 Å². The predicted molar refractivity (Wildman–Crippen MR) is 86.3 cm³/mol. The minimum Gasteiger partial charge on any atom is -0.387 e. The third kappa shape index (κ3) is 3.93. The first kappa shape index (κ1) is 17.7. The van der Waals surface area contributed by atoms with E-state index in [-0.39, 0.29) is 17.8 Å². The number of piperazine rings is 1. The van der Waals surface area contributed by atoms with E-state index in [1.54, 1.807) is 4.90 Å². The third-order valence-corrected chi connectivity index (χ3v) is 4.38. The fraction of sp³-hybridized carbons (Fsp3) is 0.333. The molecule has 2 aromatic rings. The van der Waals surface area contributed by atoms with E-state index < -0.39 is 29.4 Å².